The Morgan fingerprint density at radius 1 is 1.17 bits per heavy atom. The fourth-order valence-corrected chi connectivity index (χ4v) is 3.69. The van der Waals surface area contributed by atoms with Crippen LogP contribution in [0.15, 0.2) is 0 Å². The Bertz CT molecular complexity index is 408. The van der Waals surface area contributed by atoms with Crippen LogP contribution >= 0.6 is 0 Å². The number of hydrogen-bond acceptors (Lipinski definition) is 4. The Hall–Kier alpha value is -0.810. The lowest BCUT2D eigenvalue weighted by atomic mass is 9.93. The summed E-state index contributed by atoms with van der Waals surface area (Å²) in [4.78, 5) is 16.8. The van der Waals surface area contributed by atoms with Crippen LogP contribution in [0.3, 0.4) is 0 Å². The maximum absolute atomic E-state index is 12.4. The van der Waals surface area contributed by atoms with Gasteiger partial charge in [-0.25, -0.2) is 4.79 Å². The molecule has 5 heteroatoms. The summed E-state index contributed by atoms with van der Waals surface area (Å²) in [5, 5.41) is 3.83. The number of ether oxygens (including phenoxy) is 1. The van der Waals surface area contributed by atoms with Crippen LogP contribution < -0.4 is 5.32 Å². The van der Waals surface area contributed by atoms with E-state index >= 15 is 0 Å². The van der Waals surface area contributed by atoms with E-state index in [-0.39, 0.29) is 12.1 Å². The van der Waals surface area contributed by atoms with Crippen molar-refractivity contribution in [3.63, 3.8) is 0 Å². The average molecular weight is 325 g/mol. The second kappa shape index (κ2) is 7.39. The number of nitrogens with one attached hydrogen (secondary N) is 1. The first-order valence-electron chi connectivity index (χ1n) is 9.13. The molecule has 1 N–H and O–H groups in total. The highest BCUT2D eigenvalue weighted by Gasteiger charge is 2.35. The number of carbonyl (C=O) groups is 1. The Morgan fingerprint density at radius 3 is 2.48 bits per heavy atom. The highest BCUT2D eigenvalue weighted by atomic mass is 16.6. The largest absolute Gasteiger partial charge is 0.444 e. The van der Waals surface area contributed by atoms with Crippen molar-refractivity contribution in [2.45, 2.75) is 90.1 Å². The third-order valence-electron chi connectivity index (χ3n) is 5.27. The van der Waals surface area contributed by atoms with Crippen LogP contribution in [0.1, 0.15) is 60.3 Å². The third kappa shape index (κ3) is 5.08. The summed E-state index contributed by atoms with van der Waals surface area (Å²) >= 11 is 0. The number of likely N-dealkylation sites (tertiary alicyclic amines) is 2. The van der Waals surface area contributed by atoms with Crippen molar-refractivity contribution < 1.29 is 9.53 Å². The minimum Gasteiger partial charge on any atom is -0.444 e. The second-order valence-corrected chi connectivity index (χ2v) is 8.38. The number of hydrogen-bond donors (Lipinski definition) is 1. The van der Waals surface area contributed by atoms with E-state index in [1.807, 2.05) is 25.7 Å². The Balaban J connectivity index is 1.91. The van der Waals surface area contributed by atoms with Crippen LogP contribution in [-0.4, -0.2) is 65.8 Å². The average Bonchev–Trinajstić information content (AvgIpc) is 2.43. The standard InChI is InChI=1S/C18H35N3O2/c1-13-12-15(9-11-20(13)6)19-16-8-7-10-21(14(16)2)17(22)23-18(3,4)5/h13-16,19H,7-12H2,1-6H3/t13?,14-,15?,16-/m1/s1. The lowest BCUT2D eigenvalue weighted by Crippen LogP contribution is -2.58. The fraction of sp³-hybridized carbons (Fsp3) is 0.944. The fourth-order valence-electron chi connectivity index (χ4n) is 3.69. The van der Waals surface area contributed by atoms with Gasteiger partial charge in [-0.2, -0.15) is 0 Å². The lowest BCUT2D eigenvalue weighted by Gasteiger charge is -2.43. The quantitative estimate of drug-likeness (QED) is 0.848. The van der Waals surface area contributed by atoms with Gasteiger partial charge < -0.3 is 19.9 Å². The zero-order chi connectivity index (χ0) is 17.2. The summed E-state index contributed by atoms with van der Waals surface area (Å²) in [6, 6.07) is 1.75. The lowest BCUT2D eigenvalue weighted by molar-refractivity contribution is 0.00534. The Labute approximate surface area is 141 Å². The summed E-state index contributed by atoms with van der Waals surface area (Å²) in [6.07, 6.45) is 4.39. The van der Waals surface area contributed by atoms with Crippen LogP contribution in [0.2, 0.25) is 0 Å². The van der Waals surface area contributed by atoms with Gasteiger partial charge in [-0.3, -0.25) is 0 Å². The topological polar surface area (TPSA) is 44.8 Å². The Kier molecular flexibility index (Phi) is 5.95. The molecule has 0 aromatic rings. The minimum atomic E-state index is -0.430. The molecule has 0 saturated carbocycles. The van der Waals surface area contributed by atoms with Gasteiger partial charge in [-0.15, -0.1) is 0 Å². The molecule has 2 heterocycles. The first-order chi connectivity index (χ1) is 10.7. The highest BCUT2D eigenvalue weighted by Crippen LogP contribution is 2.23. The molecule has 1 amide bonds. The number of carbonyl (C=O) groups excluding carboxylic acids is 1. The van der Waals surface area contributed by atoms with E-state index in [1.54, 1.807) is 0 Å². The monoisotopic (exact) mass is 325 g/mol. The van der Waals surface area contributed by atoms with Crippen molar-refractivity contribution in [1.29, 1.82) is 0 Å². The van der Waals surface area contributed by atoms with Gasteiger partial charge in [0.1, 0.15) is 5.60 Å². The van der Waals surface area contributed by atoms with Crippen molar-refractivity contribution in [3.05, 3.63) is 0 Å². The molecule has 0 radical (unpaired) electrons. The Morgan fingerprint density at radius 2 is 1.87 bits per heavy atom. The van der Waals surface area contributed by atoms with Gasteiger partial charge in [0, 0.05) is 30.7 Å². The van der Waals surface area contributed by atoms with Crippen LogP contribution in [0.25, 0.3) is 0 Å². The van der Waals surface area contributed by atoms with E-state index in [0.29, 0.717) is 18.1 Å². The van der Waals surface area contributed by atoms with E-state index in [1.165, 1.54) is 12.8 Å². The number of nitrogens with zero attached hydrogens (tertiary/aromatic N) is 2. The van der Waals surface area contributed by atoms with E-state index < -0.39 is 5.60 Å². The van der Waals surface area contributed by atoms with Crippen LogP contribution in [-0.2, 0) is 4.74 Å². The molecule has 134 valence electrons. The van der Waals surface area contributed by atoms with Crippen LogP contribution in [0.4, 0.5) is 4.79 Å². The van der Waals surface area contributed by atoms with Gasteiger partial charge in [0.05, 0.1) is 0 Å². The molecular formula is C18H35N3O2. The number of amides is 1. The molecule has 2 aliphatic heterocycles. The maximum atomic E-state index is 12.4. The van der Waals surface area contributed by atoms with Gasteiger partial charge >= 0.3 is 6.09 Å². The molecule has 23 heavy (non-hydrogen) atoms. The summed E-state index contributed by atoms with van der Waals surface area (Å²) in [7, 11) is 2.20. The van der Waals surface area contributed by atoms with Crippen LogP contribution in [0, 0.1) is 0 Å². The predicted octanol–water partition coefficient (Wildman–Crippen LogP) is 2.85. The molecular weight excluding hydrogens is 290 g/mol. The maximum Gasteiger partial charge on any atom is 0.410 e. The van der Waals surface area contributed by atoms with Gasteiger partial charge in [0.25, 0.3) is 0 Å². The summed E-state index contributed by atoms with van der Waals surface area (Å²) in [5.41, 5.74) is -0.430. The molecule has 0 aromatic carbocycles. The van der Waals surface area contributed by atoms with E-state index in [4.69, 9.17) is 4.74 Å². The summed E-state index contributed by atoms with van der Waals surface area (Å²) in [6.45, 7) is 12.2. The number of rotatable bonds is 2. The van der Waals surface area contributed by atoms with Gasteiger partial charge in [0.2, 0.25) is 0 Å². The van der Waals surface area contributed by atoms with Crippen molar-refractivity contribution in [1.82, 2.24) is 15.1 Å². The number of piperidine rings is 2. The van der Waals surface area contributed by atoms with Crippen molar-refractivity contribution in [3.8, 4) is 0 Å². The molecule has 0 aromatic heterocycles. The van der Waals surface area contributed by atoms with Crippen molar-refractivity contribution in [2.75, 3.05) is 20.1 Å². The first kappa shape index (κ1) is 18.5. The van der Waals surface area contributed by atoms with Gasteiger partial charge in [-0.1, -0.05) is 0 Å². The van der Waals surface area contributed by atoms with Gasteiger partial charge in [0.15, 0.2) is 0 Å². The van der Waals surface area contributed by atoms with Crippen molar-refractivity contribution >= 4 is 6.09 Å². The molecule has 0 bridgehead atoms. The SMILES string of the molecule is CC1CC(N[C@@H]2CCCN(C(=O)OC(C)(C)C)[C@@H]2C)CCN1C. The molecule has 0 aliphatic carbocycles. The second-order valence-electron chi connectivity index (χ2n) is 8.38. The molecule has 2 unspecified atom stereocenters. The van der Waals surface area contributed by atoms with Crippen molar-refractivity contribution in [2.24, 2.45) is 0 Å². The molecule has 2 rings (SSSR count). The van der Waals surface area contributed by atoms with Crippen LogP contribution in [0.5, 0.6) is 0 Å². The molecule has 0 spiro atoms. The highest BCUT2D eigenvalue weighted by molar-refractivity contribution is 5.68. The zero-order valence-corrected chi connectivity index (χ0v) is 15.8. The third-order valence-corrected chi connectivity index (χ3v) is 5.27. The normalized spacial score (nSPS) is 33.6. The van der Waals surface area contributed by atoms with E-state index in [0.717, 1.165) is 25.9 Å². The molecule has 2 saturated heterocycles. The summed E-state index contributed by atoms with van der Waals surface area (Å²) < 4.78 is 5.57. The van der Waals surface area contributed by atoms with E-state index in [9.17, 15) is 4.79 Å². The summed E-state index contributed by atoms with van der Waals surface area (Å²) in [5.74, 6) is 0. The first-order valence-corrected chi connectivity index (χ1v) is 9.13. The smallest absolute Gasteiger partial charge is 0.410 e. The molecule has 5 nitrogen and oxygen atoms in total. The zero-order valence-electron chi connectivity index (χ0n) is 15.8. The minimum absolute atomic E-state index is 0.173. The molecule has 2 fully saturated rings. The predicted molar refractivity (Wildman–Crippen MR) is 93.7 cm³/mol. The molecule has 4 atom stereocenters. The van der Waals surface area contributed by atoms with Gasteiger partial charge in [-0.05, 0) is 73.9 Å². The van der Waals surface area contributed by atoms with E-state index in [2.05, 4.69) is 31.1 Å². The molecule has 2 aliphatic rings.